The summed E-state index contributed by atoms with van der Waals surface area (Å²) in [6, 6.07) is 0.324. The average Bonchev–Trinajstić information content (AvgIpc) is 3.44. The van der Waals surface area contributed by atoms with Crippen LogP contribution in [0.5, 0.6) is 0 Å². The molecule has 0 aromatic carbocycles. The number of rotatable bonds is 3. The number of hydrogen-bond donors (Lipinski definition) is 4. The fourth-order valence-corrected chi connectivity index (χ4v) is 5.56. The number of aliphatic hydroxyl groups excluding tert-OH is 3. The van der Waals surface area contributed by atoms with Crippen LogP contribution in [0.15, 0.2) is 22.6 Å². The second-order valence-corrected chi connectivity index (χ2v) is 11.9. The van der Waals surface area contributed by atoms with Crippen LogP contribution in [0.3, 0.4) is 0 Å². The lowest BCUT2D eigenvalue weighted by Gasteiger charge is -2.34. The third-order valence-corrected chi connectivity index (χ3v) is 8.53. The van der Waals surface area contributed by atoms with E-state index in [1.807, 2.05) is 32.2 Å². The topological polar surface area (TPSA) is 139 Å². The highest BCUT2D eigenvalue weighted by Gasteiger charge is 2.47. The van der Waals surface area contributed by atoms with E-state index in [1.54, 1.807) is 20.8 Å². The van der Waals surface area contributed by atoms with Crippen LogP contribution in [0, 0.1) is 17.3 Å². The van der Waals surface area contributed by atoms with Crippen LogP contribution in [0.2, 0.25) is 0 Å². The normalized spacial score (nSPS) is 36.0. The highest BCUT2D eigenvalue weighted by Crippen LogP contribution is 2.35. The first-order chi connectivity index (χ1) is 16.8. The predicted molar refractivity (Wildman–Crippen MR) is 139 cm³/mol. The number of aromatic nitrogens is 1. The summed E-state index contributed by atoms with van der Waals surface area (Å²) in [5.74, 6) is -1.70. The maximum Gasteiger partial charge on any atom is 0.309 e. The Kier molecular flexibility index (Phi) is 9.27. The van der Waals surface area contributed by atoms with Gasteiger partial charge in [-0.3, -0.25) is 9.59 Å². The molecule has 1 aromatic rings. The van der Waals surface area contributed by atoms with E-state index in [4.69, 9.17) is 4.74 Å². The van der Waals surface area contributed by atoms with Gasteiger partial charge in [0.25, 0.3) is 0 Å². The minimum atomic E-state index is -1.25. The van der Waals surface area contributed by atoms with Crippen LogP contribution >= 0.6 is 11.3 Å². The van der Waals surface area contributed by atoms with Gasteiger partial charge in [-0.05, 0) is 37.8 Å². The standard InChI is InChI=1S/C27H40N2O6S/c1-14-7-8-20(15(2)10-18-13-36-22(12-30)28-18)35-23(32)11-21(31)27(5,6)26(34)17(4)25(33)16(3)24-19(9-14)29-24/h7,10,13,16-17,19-21,24-25,29-31,33H,8-9,11-12H2,1-6H3/b14-7-,15-10?/t16-,17-,19?,20-,21+,24?,25+/m1/s1. The Morgan fingerprint density at radius 2 is 1.97 bits per heavy atom. The first kappa shape index (κ1) is 28.7. The molecular formula is C27H40N2O6S. The van der Waals surface area contributed by atoms with E-state index < -0.39 is 35.6 Å². The van der Waals surface area contributed by atoms with Crippen molar-refractivity contribution in [3.63, 3.8) is 0 Å². The lowest BCUT2D eigenvalue weighted by Crippen LogP contribution is -2.46. The Morgan fingerprint density at radius 1 is 1.28 bits per heavy atom. The van der Waals surface area contributed by atoms with Crippen LogP contribution in [0.1, 0.15) is 71.5 Å². The van der Waals surface area contributed by atoms with Crippen molar-refractivity contribution in [1.29, 1.82) is 0 Å². The number of esters is 1. The summed E-state index contributed by atoms with van der Waals surface area (Å²) < 4.78 is 5.81. The Bertz CT molecular complexity index is 1020. The van der Waals surface area contributed by atoms with Crippen LogP contribution in [0.4, 0.5) is 0 Å². The molecule has 3 heterocycles. The molecule has 0 bridgehead atoms. The maximum atomic E-state index is 13.3. The van der Waals surface area contributed by atoms with Crippen LogP contribution < -0.4 is 5.32 Å². The molecule has 200 valence electrons. The molecule has 0 amide bonds. The van der Waals surface area contributed by atoms with Crippen molar-refractivity contribution in [2.24, 2.45) is 17.3 Å². The smallest absolute Gasteiger partial charge is 0.309 e. The van der Waals surface area contributed by atoms with Crippen molar-refractivity contribution in [2.75, 3.05) is 0 Å². The molecule has 9 heteroatoms. The number of Topliss-reactive ketones (excluding diaryl/α,β-unsaturated/α-hetero) is 1. The van der Waals surface area contributed by atoms with Gasteiger partial charge < -0.3 is 25.4 Å². The van der Waals surface area contributed by atoms with Gasteiger partial charge in [0.1, 0.15) is 16.9 Å². The molecule has 0 saturated carbocycles. The van der Waals surface area contributed by atoms with Crippen molar-refractivity contribution < 1.29 is 29.6 Å². The van der Waals surface area contributed by atoms with Crippen molar-refractivity contribution in [3.05, 3.63) is 33.3 Å². The summed E-state index contributed by atoms with van der Waals surface area (Å²) in [7, 11) is 0. The number of cyclic esters (lactones) is 1. The highest BCUT2D eigenvalue weighted by molar-refractivity contribution is 7.09. The van der Waals surface area contributed by atoms with Crippen LogP contribution in [0.25, 0.3) is 6.08 Å². The van der Waals surface area contributed by atoms with E-state index in [0.717, 1.165) is 17.6 Å². The third kappa shape index (κ3) is 6.69. The lowest BCUT2D eigenvalue weighted by atomic mass is 9.73. The molecule has 0 aliphatic carbocycles. The number of carbonyl (C=O) groups is 2. The maximum absolute atomic E-state index is 13.3. The fraction of sp³-hybridized carbons (Fsp3) is 0.667. The number of thiazole rings is 1. The number of nitrogens with one attached hydrogen (secondary N) is 1. The molecule has 1 saturated heterocycles. The number of aliphatic hydroxyl groups is 3. The zero-order valence-electron chi connectivity index (χ0n) is 22.0. The first-order valence-corrected chi connectivity index (χ1v) is 13.5. The number of hydrogen-bond acceptors (Lipinski definition) is 9. The summed E-state index contributed by atoms with van der Waals surface area (Å²) in [5.41, 5.74) is 1.38. The van der Waals surface area contributed by atoms with Gasteiger partial charge in [0.05, 0.1) is 36.3 Å². The summed E-state index contributed by atoms with van der Waals surface area (Å²) >= 11 is 1.36. The van der Waals surface area contributed by atoms with Gasteiger partial charge in [-0.15, -0.1) is 11.3 Å². The highest BCUT2D eigenvalue weighted by atomic mass is 32.1. The van der Waals surface area contributed by atoms with Crippen LogP contribution in [-0.4, -0.2) is 62.5 Å². The zero-order chi connectivity index (χ0) is 26.8. The van der Waals surface area contributed by atoms with Crippen molar-refractivity contribution in [3.8, 4) is 0 Å². The van der Waals surface area contributed by atoms with E-state index in [9.17, 15) is 24.9 Å². The monoisotopic (exact) mass is 520 g/mol. The molecule has 1 fully saturated rings. The number of ether oxygens (including phenoxy) is 1. The van der Waals surface area contributed by atoms with Crippen LogP contribution in [-0.2, 0) is 20.9 Å². The summed E-state index contributed by atoms with van der Waals surface area (Å²) in [4.78, 5) is 30.5. The molecule has 1 aromatic heterocycles. The molecule has 8 nitrogen and oxygen atoms in total. The van der Waals surface area contributed by atoms with Gasteiger partial charge >= 0.3 is 5.97 Å². The van der Waals surface area contributed by atoms with Gasteiger partial charge in [-0.1, -0.05) is 39.3 Å². The SMILES string of the molecule is CC(=Cc1csc(CO)n1)[C@H]1C/C=C(/C)CC2NC2[C@@H](C)[C@H](O)[C@@H](C)C(=O)C(C)(C)[C@@H](O)CC(=O)O1. The third-order valence-electron chi connectivity index (χ3n) is 7.67. The molecule has 2 unspecified atom stereocenters. The van der Waals surface area contributed by atoms with Gasteiger partial charge in [0.2, 0.25) is 0 Å². The number of ketones is 1. The first-order valence-electron chi connectivity index (χ1n) is 12.6. The van der Waals surface area contributed by atoms with Gasteiger partial charge in [-0.2, -0.15) is 0 Å². The van der Waals surface area contributed by atoms with E-state index in [2.05, 4.69) is 16.4 Å². The number of nitrogens with zero attached hydrogens (tertiary/aromatic N) is 1. The molecule has 2 aliphatic heterocycles. The molecule has 3 rings (SSSR count). The Labute approximate surface area is 217 Å². The van der Waals surface area contributed by atoms with E-state index in [0.29, 0.717) is 17.1 Å². The van der Waals surface area contributed by atoms with Crippen molar-refractivity contribution in [2.45, 2.75) is 97.8 Å². The average molecular weight is 521 g/mol. The zero-order valence-corrected chi connectivity index (χ0v) is 22.8. The molecule has 7 atom stereocenters. The second kappa shape index (κ2) is 11.6. The molecule has 0 radical (unpaired) electrons. The van der Waals surface area contributed by atoms with Gasteiger partial charge in [0, 0.05) is 29.8 Å². The molecule has 36 heavy (non-hydrogen) atoms. The molecule has 2 aliphatic rings. The summed E-state index contributed by atoms with van der Waals surface area (Å²) in [6.07, 6.45) is 2.15. The Hall–Kier alpha value is -1.91. The van der Waals surface area contributed by atoms with Gasteiger partial charge in [0.15, 0.2) is 0 Å². The summed E-state index contributed by atoms with van der Waals surface area (Å²) in [5, 5.41) is 37.0. The number of fused-ring (bicyclic) bond motifs is 1. The Balaban J connectivity index is 1.88. The van der Waals surface area contributed by atoms with E-state index in [-0.39, 0.29) is 36.8 Å². The largest absolute Gasteiger partial charge is 0.457 e. The van der Waals surface area contributed by atoms with E-state index >= 15 is 0 Å². The minimum absolute atomic E-state index is 0.111. The predicted octanol–water partition coefficient (Wildman–Crippen LogP) is 3.01. The molecule has 0 spiro atoms. The van der Waals surface area contributed by atoms with Crippen molar-refractivity contribution in [1.82, 2.24) is 10.3 Å². The minimum Gasteiger partial charge on any atom is -0.457 e. The molecular weight excluding hydrogens is 480 g/mol. The lowest BCUT2D eigenvalue weighted by molar-refractivity contribution is -0.154. The molecule has 4 N–H and O–H groups in total. The van der Waals surface area contributed by atoms with E-state index in [1.165, 1.54) is 11.3 Å². The Morgan fingerprint density at radius 3 is 2.61 bits per heavy atom. The number of carbonyl (C=O) groups excluding carboxylic acids is 2. The van der Waals surface area contributed by atoms with Crippen molar-refractivity contribution >= 4 is 29.2 Å². The van der Waals surface area contributed by atoms with Gasteiger partial charge in [-0.25, -0.2) is 4.98 Å². The fourth-order valence-electron chi connectivity index (χ4n) is 4.95. The quantitative estimate of drug-likeness (QED) is 0.271. The summed E-state index contributed by atoms with van der Waals surface area (Å²) in [6.45, 7) is 10.6. The second-order valence-electron chi connectivity index (χ2n) is 10.9.